The summed E-state index contributed by atoms with van der Waals surface area (Å²) >= 11 is 4.86. The van der Waals surface area contributed by atoms with Gasteiger partial charge in [0.05, 0.1) is 28.4 Å². The molecule has 1 fully saturated rings. The summed E-state index contributed by atoms with van der Waals surface area (Å²) in [5.41, 5.74) is -1.81. The fourth-order valence-corrected chi connectivity index (χ4v) is 6.07. The van der Waals surface area contributed by atoms with E-state index in [2.05, 4.69) is 15.9 Å². The van der Waals surface area contributed by atoms with E-state index in [1.54, 1.807) is 25.3 Å². The number of esters is 1. The summed E-state index contributed by atoms with van der Waals surface area (Å²) in [6.07, 6.45) is 0.200. The second-order valence-corrected chi connectivity index (χ2v) is 13.1. The standard InChI is InChI=1S/C27H33BrN2O6S/c1-16-20-22(31)30(27(5,6)24(32)36-26(2,3)4)25(33)29(23(20)37-21(16)28)14-19(17-10-8-7-9-11-17)35-18-12-13-34-15-18/h7-11,18-19H,12-15H2,1-6H3/t18-,19?/m0/s1. The third kappa shape index (κ3) is 5.62. The number of aromatic nitrogens is 2. The topological polar surface area (TPSA) is 88.8 Å². The molecule has 1 unspecified atom stereocenters. The van der Waals surface area contributed by atoms with Crippen LogP contribution in [0.25, 0.3) is 10.2 Å². The SMILES string of the molecule is Cc1c(Br)sc2c1c(=O)n(C(C)(C)C(=O)OC(C)(C)C)c(=O)n2CC(O[C@H]1CCOC1)c1ccccc1. The Kier molecular flexibility index (Phi) is 7.86. The Morgan fingerprint density at radius 2 is 1.86 bits per heavy atom. The van der Waals surface area contributed by atoms with Crippen LogP contribution < -0.4 is 11.2 Å². The molecule has 3 aromatic rings. The molecule has 37 heavy (non-hydrogen) atoms. The van der Waals surface area contributed by atoms with Gasteiger partial charge in [-0.3, -0.25) is 9.36 Å². The van der Waals surface area contributed by atoms with Crippen molar-refractivity contribution in [3.63, 3.8) is 0 Å². The largest absolute Gasteiger partial charge is 0.458 e. The van der Waals surface area contributed by atoms with E-state index in [4.69, 9.17) is 14.2 Å². The van der Waals surface area contributed by atoms with Crippen molar-refractivity contribution in [2.24, 2.45) is 0 Å². The van der Waals surface area contributed by atoms with Crippen molar-refractivity contribution in [1.82, 2.24) is 9.13 Å². The monoisotopic (exact) mass is 592 g/mol. The number of carbonyl (C=O) groups is 1. The van der Waals surface area contributed by atoms with Crippen molar-refractivity contribution in [2.45, 2.75) is 77.9 Å². The average Bonchev–Trinajstić information content (AvgIpc) is 3.43. The number of ether oxygens (including phenoxy) is 3. The molecule has 1 saturated heterocycles. The van der Waals surface area contributed by atoms with Gasteiger partial charge in [0.2, 0.25) is 0 Å². The summed E-state index contributed by atoms with van der Waals surface area (Å²) in [6.45, 7) is 11.4. The lowest BCUT2D eigenvalue weighted by atomic mass is 10.0. The molecule has 0 spiro atoms. The highest BCUT2D eigenvalue weighted by atomic mass is 79.9. The van der Waals surface area contributed by atoms with Crippen LogP contribution in [0.1, 0.15) is 58.3 Å². The van der Waals surface area contributed by atoms with E-state index in [9.17, 15) is 14.4 Å². The van der Waals surface area contributed by atoms with E-state index in [0.717, 1.165) is 20.3 Å². The molecule has 3 heterocycles. The number of benzene rings is 1. The maximum absolute atomic E-state index is 14.1. The molecule has 8 nitrogen and oxygen atoms in total. The zero-order chi connectivity index (χ0) is 27.1. The van der Waals surface area contributed by atoms with Gasteiger partial charge in [-0.1, -0.05) is 30.3 Å². The molecular formula is C27H33BrN2O6S. The van der Waals surface area contributed by atoms with Crippen molar-refractivity contribution in [1.29, 1.82) is 0 Å². The number of fused-ring (bicyclic) bond motifs is 1. The number of aryl methyl sites for hydroxylation is 1. The molecule has 200 valence electrons. The van der Waals surface area contributed by atoms with Gasteiger partial charge in [-0.05, 0) is 75.0 Å². The molecule has 10 heteroatoms. The zero-order valence-corrected chi connectivity index (χ0v) is 24.4. The molecule has 1 aromatic carbocycles. The minimum atomic E-state index is -1.54. The molecule has 0 saturated carbocycles. The number of nitrogens with zero attached hydrogens (tertiary/aromatic N) is 2. The third-order valence-electron chi connectivity index (χ3n) is 6.38. The second-order valence-electron chi connectivity index (χ2n) is 10.8. The Labute approximate surface area is 228 Å². The number of hydrogen-bond acceptors (Lipinski definition) is 7. The molecule has 0 N–H and O–H groups in total. The molecule has 1 aliphatic heterocycles. The summed E-state index contributed by atoms with van der Waals surface area (Å²) in [7, 11) is 0. The minimum absolute atomic E-state index is 0.0997. The minimum Gasteiger partial charge on any atom is -0.458 e. The number of carbonyl (C=O) groups excluding carboxylic acids is 1. The summed E-state index contributed by atoms with van der Waals surface area (Å²) in [4.78, 5) is 41.6. The lowest BCUT2D eigenvalue weighted by molar-refractivity contribution is -0.164. The van der Waals surface area contributed by atoms with Crippen LogP contribution in [0.3, 0.4) is 0 Å². The van der Waals surface area contributed by atoms with E-state index in [-0.39, 0.29) is 12.6 Å². The van der Waals surface area contributed by atoms with Gasteiger partial charge in [-0.25, -0.2) is 14.2 Å². The lowest BCUT2D eigenvalue weighted by Crippen LogP contribution is -2.54. The molecule has 0 bridgehead atoms. The first kappa shape index (κ1) is 27.8. The molecule has 0 aliphatic carbocycles. The predicted molar refractivity (Wildman–Crippen MR) is 147 cm³/mol. The Morgan fingerprint density at radius 1 is 1.19 bits per heavy atom. The molecular weight excluding hydrogens is 560 g/mol. The number of hydrogen-bond donors (Lipinski definition) is 0. The summed E-state index contributed by atoms with van der Waals surface area (Å²) in [5.74, 6) is -0.656. The van der Waals surface area contributed by atoms with Gasteiger partial charge in [0.25, 0.3) is 5.56 Å². The first-order valence-corrected chi connectivity index (χ1v) is 13.9. The summed E-state index contributed by atoms with van der Waals surface area (Å²) < 4.78 is 20.9. The smallest absolute Gasteiger partial charge is 0.333 e. The third-order valence-corrected chi connectivity index (χ3v) is 8.56. The zero-order valence-electron chi connectivity index (χ0n) is 22.0. The Balaban J connectivity index is 1.90. The fraction of sp³-hybridized carbons (Fsp3) is 0.519. The Bertz CT molecular complexity index is 1410. The van der Waals surface area contributed by atoms with Gasteiger partial charge in [0, 0.05) is 6.61 Å². The molecule has 0 radical (unpaired) electrons. The van der Waals surface area contributed by atoms with E-state index < -0.39 is 34.5 Å². The second kappa shape index (κ2) is 10.5. The highest BCUT2D eigenvalue weighted by molar-refractivity contribution is 9.11. The van der Waals surface area contributed by atoms with Gasteiger partial charge < -0.3 is 14.2 Å². The van der Waals surface area contributed by atoms with Crippen molar-refractivity contribution >= 4 is 43.5 Å². The van der Waals surface area contributed by atoms with Crippen LogP contribution in [-0.4, -0.2) is 40.0 Å². The Morgan fingerprint density at radius 3 is 2.46 bits per heavy atom. The molecule has 0 amide bonds. The van der Waals surface area contributed by atoms with Gasteiger partial charge in [-0.2, -0.15) is 0 Å². The predicted octanol–water partition coefficient (Wildman–Crippen LogP) is 4.92. The number of halogens is 1. The lowest BCUT2D eigenvalue weighted by Gasteiger charge is -2.30. The van der Waals surface area contributed by atoms with Crippen LogP contribution in [0.5, 0.6) is 0 Å². The normalized spacial score (nSPS) is 17.3. The van der Waals surface area contributed by atoms with Crippen LogP contribution >= 0.6 is 27.3 Å². The highest BCUT2D eigenvalue weighted by Gasteiger charge is 2.39. The fourth-order valence-electron chi connectivity index (χ4n) is 4.38. The van der Waals surface area contributed by atoms with E-state index in [1.165, 1.54) is 25.2 Å². The Hall–Kier alpha value is -2.27. The van der Waals surface area contributed by atoms with E-state index in [1.807, 2.05) is 37.3 Å². The summed E-state index contributed by atoms with van der Waals surface area (Å²) in [6, 6.07) is 9.69. The number of thiophene rings is 1. The number of rotatable bonds is 7. The van der Waals surface area contributed by atoms with Gasteiger partial charge >= 0.3 is 11.7 Å². The van der Waals surface area contributed by atoms with Crippen LogP contribution in [0.15, 0.2) is 43.7 Å². The first-order chi connectivity index (χ1) is 17.3. The van der Waals surface area contributed by atoms with Gasteiger partial charge in [-0.15, -0.1) is 11.3 Å². The molecule has 1 aliphatic rings. The van der Waals surface area contributed by atoms with Crippen LogP contribution in [-0.2, 0) is 31.1 Å². The first-order valence-electron chi connectivity index (χ1n) is 12.3. The van der Waals surface area contributed by atoms with Crippen LogP contribution in [0.4, 0.5) is 0 Å². The van der Waals surface area contributed by atoms with Crippen molar-refractivity contribution in [3.05, 3.63) is 66.1 Å². The molecule has 2 aromatic heterocycles. The maximum atomic E-state index is 14.1. The molecule has 4 rings (SSSR count). The van der Waals surface area contributed by atoms with E-state index >= 15 is 0 Å². The quantitative estimate of drug-likeness (QED) is 0.362. The van der Waals surface area contributed by atoms with Crippen LogP contribution in [0, 0.1) is 6.92 Å². The van der Waals surface area contributed by atoms with Crippen LogP contribution in [0.2, 0.25) is 0 Å². The van der Waals surface area contributed by atoms with E-state index in [0.29, 0.717) is 29.0 Å². The van der Waals surface area contributed by atoms with Gasteiger partial charge in [0.1, 0.15) is 22.1 Å². The molecule has 2 atom stereocenters. The van der Waals surface area contributed by atoms with Crippen molar-refractivity contribution < 1.29 is 19.0 Å². The highest BCUT2D eigenvalue weighted by Crippen LogP contribution is 2.34. The maximum Gasteiger partial charge on any atom is 0.333 e. The van der Waals surface area contributed by atoms with Gasteiger partial charge in [0.15, 0.2) is 0 Å². The van der Waals surface area contributed by atoms with Crippen molar-refractivity contribution in [3.8, 4) is 0 Å². The van der Waals surface area contributed by atoms with Crippen molar-refractivity contribution in [2.75, 3.05) is 13.2 Å². The average molecular weight is 594 g/mol. The summed E-state index contributed by atoms with van der Waals surface area (Å²) in [5, 5.41) is 0.393.